The van der Waals surface area contributed by atoms with Crippen molar-refractivity contribution in [2.45, 2.75) is 47.9 Å². The molecule has 1 heterocycles. The minimum atomic E-state index is -0.849. The van der Waals surface area contributed by atoms with E-state index in [1.165, 1.54) is 29.6 Å². The topological polar surface area (TPSA) is 91.7 Å². The highest BCUT2D eigenvalue weighted by Crippen LogP contribution is 2.54. The lowest BCUT2D eigenvalue weighted by Gasteiger charge is -2.41. The highest BCUT2D eigenvalue weighted by molar-refractivity contribution is 8.20. The lowest BCUT2D eigenvalue weighted by atomic mass is 9.88. The van der Waals surface area contributed by atoms with Crippen molar-refractivity contribution >= 4 is 41.1 Å². The van der Waals surface area contributed by atoms with E-state index in [0.29, 0.717) is 12.0 Å². The fourth-order valence-corrected chi connectivity index (χ4v) is 7.13. The average molecular weight is 380 g/mol. The van der Waals surface area contributed by atoms with E-state index < -0.39 is 10.0 Å². The van der Waals surface area contributed by atoms with Gasteiger partial charge in [-0.2, -0.15) is 0 Å². The van der Waals surface area contributed by atoms with Crippen molar-refractivity contribution in [2.75, 3.05) is 5.75 Å². The molecule has 1 unspecified atom stereocenters. The summed E-state index contributed by atoms with van der Waals surface area (Å²) >= 11 is 3.04. The Kier molecular flexibility index (Phi) is 5.43. The Balaban J connectivity index is 1.75. The third-order valence-corrected chi connectivity index (χ3v) is 8.00. The van der Waals surface area contributed by atoms with Crippen LogP contribution in [0.25, 0.3) is 0 Å². The summed E-state index contributed by atoms with van der Waals surface area (Å²) in [5, 5.41) is 19.1. The first-order valence-electron chi connectivity index (χ1n) is 8.36. The number of rotatable bonds is 5. The molecule has 7 heteroatoms. The zero-order valence-corrected chi connectivity index (χ0v) is 15.3. The molecule has 2 N–H and O–H groups in total. The summed E-state index contributed by atoms with van der Waals surface area (Å²) in [6, 6.07) is 4.64. The fraction of sp³-hybridized carbons (Fsp3) is 0.500. The third kappa shape index (κ3) is 3.72. The SMILES string of the molecule is O=C(O)CCCC[C@@H]1CCSC2(CC(=O)c3cccc(O)c3C2=O)S1. The van der Waals surface area contributed by atoms with Gasteiger partial charge in [0.1, 0.15) is 9.83 Å². The number of aromatic hydroxyl groups is 1. The summed E-state index contributed by atoms with van der Waals surface area (Å²) < 4.78 is -0.849. The van der Waals surface area contributed by atoms with E-state index in [0.717, 1.165) is 25.0 Å². The summed E-state index contributed by atoms with van der Waals surface area (Å²) in [6.45, 7) is 0. The molecule has 1 aliphatic carbocycles. The van der Waals surface area contributed by atoms with Crippen LogP contribution in [-0.4, -0.2) is 42.8 Å². The second-order valence-corrected chi connectivity index (χ2v) is 9.65. The molecular formula is C18H20O5S2. The summed E-state index contributed by atoms with van der Waals surface area (Å²) in [4.78, 5) is 36.2. The maximum absolute atomic E-state index is 13.1. The zero-order chi connectivity index (χ0) is 18.0. The molecule has 2 atom stereocenters. The Morgan fingerprint density at radius 1 is 1.28 bits per heavy atom. The standard InChI is InChI=1S/C18H20O5S2/c19-13-6-3-5-12-14(20)10-18(17(23)16(12)13)24-9-8-11(25-18)4-1-2-7-15(21)22/h3,5-6,11,19H,1-2,4,7-10H2,(H,21,22)/t11-,18?/m1/s1. The smallest absolute Gasteiger partial charge is 0.303 e. The number of carbonyl (C=O) groups excluding carboxylic acids is 2. The highest BCUT2D eigenvalue weighted by atomic mass is 32.2. The number of phenolic OH excluding ortho intramolecular Hbond substituents is 1. The molecule has 3 rings (SSSR count). The molecule has 5 nitrogen and oxygen atoms in total. The summed E-state index contributed by atoms with van der Waals surface area (Å²) in [5.41, 5.74) is 0.477. The van der Waals surface area contributed by atoms with Crippen LogP contribution in [-0.2, 0) is 4.79 Å². The molecule has 1 fully saturated rings. The van der Waals surface area contributed by atoms with Crippen molar-refractivity contribution in [2.24, 2.45) is 0 Å². The van der Waals surface area contributed by atoms with E-state index in [1.807, 2.05) is 0 Å². The van der Waals surface area contributed by atoms with E-state index in [-0.39, 0.29) is 41.0 Å². The number of Topliss-reactive ketones (excluding diaryl/α,β-unsaturated/α-hetero) is 2. The number of carboxylic acid groups (broad SMARTS) is 1. The van der Waals surface area contributed by atoms with Gasteiger partial charge in [0.2, 0.25) is 0 Å². The van der Waals surface area contributed by atoms with Crippen LogP contribution in [0, 0.1) is 0 Å². The molecule has 0 aromatic heterocycles. The molecule has 25 heavy (non-hydrogen) atoms. The van der Waals surface area contributed by atoms with E-state index in [2.05, 4.69) is 0 Å². The number of ketones is 2. The quantitative estimate of drug-likeness (QED) is 0.752. The Hall–Kier alpha value is -1.47. The van der Waals surface area contributed by atoms with E-state index in [4.69, 9.17) is 5.11 Å². The van der Waals surface area contributed by atoms with Gasteiger partial charge in [-0.3, -0.25) is 14.4 Å². The molecule has 1 aromatic rings. The van der Waals surface area contributed by atoms with Crippen LogP contribution in [0.4, 0.5) is 0 Å². The van der Waals surface area contributed by atoms with Crippen LogP contribution in [0.3, 0.4) is 0 Å². The van der Waals surface area contributed by atoms with Gasteiger partial charge in [-0.1, -0.05) is 18.6 Å². The largest absolute Gasteiger partial charge is 0.507 e. The fourth-order valence-electron chi connectivity index (χ4n) is 3.37. The number of thioether (sulfide) groups is 2. The summed E-state index contributed by atoms with van der Waals surface area (Å²) in [7, 11) is 0. The maximum atomic E-state index is 13.1. The van der Waals surface area contributed by atoms with Gasteiger partial charge >= 0.3 is 5.97 Å². The first-order valence-corrected chi connectivity index (χ1v) is 10.2. The Bertz CT molecular complexity index is 717. The lowest BCUT2D eigenvalue weighted by Crippen LogP contribution is -2.43. The van der Waals surface area contributed by atoms with Gasteiger partial charge in [0.15, 0.2) is 11.6 Å². The Morgan fingerprint density at radius 2 is 2.08 bits per heavy atom. The Labute approximate surface area is 154 Å². The highest BCUT2D eigenvalue weighted by Gasteiger charge is 2.50. The second kappa shape index (κ2) is 7.41. The second-order valence-electron chi connectivity index (χ2n) is 6.40. The van der Waals surface area contributed by atoms with E-state index in [1.54, 1.807) is 12.1 Å². The predicted molar refractivity (Wildman–Crippen MR) is 98.7 cm³/mol. The molecule has 1 saturated heterocycles. The van der Waals surface area contributed by atoms with Gasteiger partial charge in [-0.15, -0.1) is 23.5 Å². The van der Waals surface area contributed by atoms with Crippen LogP contribution in [0.5, 0.6) is 5.75 Å². The third-order valence-electron chi connectivity index (χ3n) is 4.61. The molecule has 0 bridgehead atoms. The van der Waals surface area contributed by atoms with Crippen molar-refractivity contribution < 1.29 is 24.6 Å². The number of phenols is 1. The zero-order valence-electron chi connectivity index (χ0n) is 13.7. The average Bonchev–Trinajstić information content (AvgIpc) is 2.57. The first kappa shape index (κ1) is 18.3. The molecule has 2 aliphatic rings. The van der Waals surface area contributed by atoms with Gasteiger partial charge in [0.05, 0.1) is 5.56 Å². The number of unbranched alkanes of at least 4 members (excludes halogenated alkanes) is 1. The molecular weight excluding hydrogens is 360 g/mol. The molecule has 1 aromatic carbocycles. The minimum absolute atomic E-state index is 0.1000. The van der Waals surface area contributed by atoms with Crippen molar-refractivity contribution in [1.82, 2.24) is 0 Å². The minimum Gasteiger partial charge on any atom is -0.507 e. The van der Waals surface area contributed by atoms with Gasteiger partial charge < -0.3 is 10.2 Å². The number of hydrogen-bond donors (Lipinski definition) is 2. The van der Waals surface area contributed by atoms with Crippen molar-refractivity contribution in [3.63, 3.8) is 0 Å². The Morgan fingerprint density at radius 3 is 2.84 bits per heavy atom. The number of carboxylic acids is 1. The van der Waals surface area contributed by atoms with Gasteiger partial charge in [-0.25, -0.2) is 0 Å². The van der Waals surface area contributed by atoms with Crippen LogP contribution in [0.1, 0.15) is 59.2 Å². The predicted octanol–water partition coefficient (Wildman–Crippen LogP) is 3.74. The number of hydrogen-bond acceptors (Lipinski definition) is 6. The summed E-state index contributed by atoms with van der Waals surface area (Å²) in [6.07, 6.45) is 3.53. The van der Waals surface area contributed by atoms with E-state index >= 15 is 0 Å². The normalized spacial score (nSPS) is 25.8. The van der Waals surface area contributed by atoms with Crippen LogP contribution < -0.4 is 0 Å². The molecule has 134 valence electrons. The maximum Gasteiger partial charge on any atom is 0.303 e. The number of benzene rings is 1. The first-order chi connectivity index (χ1) is 11.9. The van der Waals surface area contributed by atoms with Crippen molar-refractivity contribution in [3.05, 3.63) is 29.3 Å². The van der Waals surface area contributed by atoms with Crippen molar-refractivity contribution in [1.29, 1.82) is 0 Å². The monoisotopic (exact) mass is 380 g/mol. The molecule has 0 saturated carbocycles. The van der Waals surface area contributed by atoms with Gasteiger partial charge in [0, 0.05) is 23.7 Å². The number of fused-ring (bicyclic) bond motifs is 1. The number of aliphatic carboxylic acids is 1. The lowest BCUT2D eigenvalue weighted by molar-refractivity contribution is -0.137. The molecule has 1 aliphatic heterocycles. The van der Waals surface area contributed by atoms with Crippen molar-refractivity contribution in [3.8, 4) is 5.75 Å². The number of carbonyl (C=O) groups is 3. The van der Waals surface area contributed by atoms with Crippen LogP contribution in [0.15, 0.2) is 18.2 Å². The summed E-state index contributed by atoms with van der Waals surface area (Å²) in [5.74, 6) is -0.385. The van der Waals surface area contributed by atoms with Crippen LogP contribution >= 0.6 is 23.5 Å². The van der Waals surface area contributed by atoms with Gasteiger partial charge in [0.25, 0.3) is 0 Å². The van der Waals surface area contributed by atoms with E-state index in [9.17, 15) is 19.5 Å². The molecule has 0 amide bonds. The molecule has 1 spiro atoms. The van der Waals surface area contributed by atoms with Crippen LogP contribution in [0.2, 0.25) is 0 Å². The van der Waals surface area contributed by atoms with Gasteiger partial charge in [-0.05, 0) is 31.1 Å². The molecule has 0 radical (unpaired) electrons.